The minimum Gasteiger partial charge on any atom is -0.465 e. The predicted molar refractivity (Wildman–Crippen MR) is 105 cm³/mol. The van der Waals surface area contributed by atoms with E-state index in [0.29, 0.717) is 15.7 Å². The lowest BCUT2D eigenvalue weighted by Crippen LogP contribution is -2.16. The number of amides is 1. The zero-order chi connectivity index (χ0) is 18.8. The molecule has 0 aliphatic heterocycles. The van der Waals surface area contributed by atoms with Crippen molar-refractivity contribution in [1.82, 2.24) is 14.6 Å². The van der Waals surface area contributed by atoms with Crippen molar-refractivity contribution >= 4 is 45.6 Å². The van der Waals surface area contributed by atoms with Gasteiger partial charge in [-0.3, -0.25) is 9.20 Å². The van der Waals surface area contributed by atoms with Crippen molar-refractivity contribution in [3.63, 3.8) is 0 Å². The molecule has 1 aliphatic rings. The number of hydrogen-bond acceptors (Lipinski definition) is 7. The van der Waals surface area contributed by atoms with Gasteiger partial charge in [-0.25, -0.2) is 4.79 Å². The molecule has 9 heteroatoms. The predicted octanol–water partition coefficient (Wildman–Crippen LogP) is 3.19. The Morgan fingerprint density at radius 3 is 3.00 bits per heavy atom. The molecular weight excluding hydrogens is 384 g/mol. The zero-order valence-corrected chi connectivity index (χ0v) is 16.4. The molecule has 1 amide bonds. The average molecular weight is 403 g/mol. The second kappa shape index (κ2) is 7.69. The monoisotopic (exact) mass is 402 g/mol. The summed E-state index contributed by atoms with van der Waals surface area (Å²) in [6.07, 6.45) is 5.82. The maximum Gasteiger partial charge on any atom is 0.341 e. The molecule has 0 spiro atoms. The smallest absolute Gasteiger partial charge is 0.341 e. The Kier molecular flexibility index (Phi) is 5.13. The van der Waals surface area contributed by atoms with Crippen LogP contribution in [0, 0.1) is 0 Å². The number of aryl methyl sites for hydroxylation is 1. The number of nitrogens with one attached hydrogen (secondary N) is 1. The Morgan fingerprint density at radius 1 is 1.30 bits per heavy atom. The highest BCUT2D eigenvalue weighted by Gasteiger charge is 2.27. The van der Waals surface area contributed by atoms with Crippen molar-refractivity contribution in [3.05, 3.63) is 40.4 Å². The SMILES string of the molecule is COC(=O)c1c(NC(=O)CSc2nnc3ccccn23)sc2c1CCCC2. The average Bonchev–Trinajstić information content (AvgIpc) is 3.26. The van der Waals surface area contributed by atoms with E-state index in [4.69, 9.17) is 4.74 Å². The lowest BCUT2D eigenvalue weighted by molar-refractivity contribution is -0.113. The van der Waals surface area contributed by atoms with Crippen molar-refractivity contribution in [2.24, 2.45) is 0 Å². The Hall–Kier alpha value is -2.39. The van der Waals surface area contributed by atoms with Gasteiger partial charge in [0.2, 0.25) is 5.91 Å². The van der Waals surface area contributed by atoms with E-state index in [1.807, 2.05) is 28.8 Å². The molecule has 0 radical (unpaired) electrons. The number of aromatic nitrogens is 3. The summed E-state index contributed by atoms with van der Waals surface area (Å²) in [5.41, 5.74) is 2.28. The highest BCUT2D eigenvalue weighted by Crippen LogP contribution is 2.38. The first-order valence-electron chi connectivity index (χ1n) is 8.62. The second-order valence-corrected chi connectivity index (χ2v) is 8.20. The summed E-state index contributed by atoms with van der Waals surface area (Å²) >= 11 is 2.79. The van der Waals surface area contributed by atoms with Crippen molar-refractivity contribution in [2.45, 2.75) is 30.8 Å². The van der Waals surface area contributed by atoms with Gasteiger partial charge in [0.15, 0.2) is 10.8 Å². The Bertz CT molecular complexity index is 1010. The highest BCUT2D eigenvalue weighted by molar-refractivity contribution is 7.99. The minimum atomic E-state index is -0.388. The third kappa shape index (κ3) is 3.57. The van der Waals surface area contributed by atoms with Gasteiger partial charge in [-0.1, -0.05) is 17.8 Å². The molecule has 0 bridgehead atoms. The number of pyridine rings is 1. The number of nitrogens with zero attached hydrogens (tertiary/aromatic N) is 3. The molecule has 3 aromatic rings. The fraction of sp³-hybridized carbons (Fsp3) is 0.333. The first-order valence-corrected chi connectivity index (χ1v) is 10.4. The summed E-state index contributed by atoms with van der Waals surface area (Å²) in [4.78, 5) is 25.9. The fourth-order valence-electron chi connectivity index (χ4n) is 3.18. The number of ether oxygens (including phenoxy) is 1. The van der Waals surface area contributed by atoms with E-state index in [0.717, 1.165) is 36.9 Å². The van der Waals surface area contributed by atoms with Crippen LogP contribution in [-0.4, -0.2) is 39.3 Å². The molecule has 3 heterocycles. The van der Waals surface area contributed by atoms with Gasteiger partial charge in [-0.15, -0.1) is 21.5 Å². The minimum absolute atomic E-state index is 0.179. The van der Waals surface area contributed by atoms with E-state index in [-0.39, 0.29) is 17.6 Å². The van der Waals surface area contributed by atoms with Crippen LogP contribution in [0.1, 0.15) is 33.6 Å². The van der Waals surface area contributed by atoms with Gasteiger partial charge in [0.25, 0.3) is 0 Å². The first-order chi connectivity index (χ1) is 13.2. The van der Waals surface area contributed by atoms with Gasteiger partial charge in [0.05, 0.1) is 18.4 Å². The number of rotatable bonds is 5. The van der Waals surface area contributed by atoms with Gasteiger partial charge in [0.1, 0.15) is 5.00 Å². The van der Waals surface area contributed by atoms with E-state index in [9.17, 15) is 9.59 Å². The molecular formula is C18H18N4O3S2. The van der Waals surface area contributed by atoms with E-state index >= 15 is 0 Å². The number of thioether (sulfide) groups is 1. The molecule has 140 valence electrons. The Labute approximate surface area is 164 Å². The molecule has 0 saturated carbocycles. The highest BCUT2D eigenvalue weighted by atomic mass is 32.2. The van der Waals surface area contributed by atoms with Crippen LogP contribution in [0.2, 0.25) is 0 Å². The maximum atomic E-state index is 12.5. The van der Waals surface area contributed by atoms with Crippen LogP contribution in [0.3, 0.4) is 0 Å². The van der Waals surface area contributed by atoms with Crippen LogP contribution in [0.4, 0.5) is 5.00 Å². The van der Waals surface area contributed by atoms with Crippen LogP contribution < -0.4 is 5.32 Å². The van der Waals surface area contributed by atoms with E-state index in [2.05, 4.69) is 15.5 Å². The van der Waals surface area contributed by atoms with E-state index in [1.165, 1.54) is 35.1 Å². The topological polar surface area (TPSA) is 85.6 Å². The molecule has 1 aliphatic carbocycles. The molecule has 0 fully saturated rings. The summed E-state index contributed by atoms with van der Waals surface area (Å²) in [5, 5.41) is 12.3. The van der Waals surface area contributed by atoms with Crippen LogP contribution in [0.25, 0.3) is 5.65 Å². The van der Waals surface area contributed by atoms with E-state index in [1.54, 1.807) is 0 Å². The molecule has 0 aromatic carbocycles. The second-order valence-electron chi connectivity index (χ2n) is 6.15. The molecule has 0 unspecified atom stereocenters. The number of anilines is 1. The standard InChI is InChI=1S/C18H18N4O3S2/c1-25-17(24)15-11-6-2-3-7-12(11)27-16(15)19-14(23)10-26-18-21-20-13-8-4-5-9-22(13)18/h4-5,8-9H,2-3,6-7,10H2,1H3,(H,19,23). The van der Waals surface area contributed by atoms with E-state index < -0.39 is 0 Å². The number of esters is 1. The summed E-state index contributed by atoms with van der Waals surface area (Å²) in [5.74, 6) is -0.393. The zero-order valence-electron chi connectivity index (χ0n) is 14.7. The Balaban J connectivity index is 1.49. The quantitative estimate of drug-likeness (QED) is 0.521. The van der Waals surface area contributed by atoms with Crippen LogP contribution >= 0.6 is 23.1 Å². The van der Waals surface area contributed by atoms with Crippen LogP contribution in [0.5, 0.6) is 0 Å². The van der Waals surface area contributed by atoms with Crippen molar-refractivity contribution < 1.29 is 14.3 Å². The van der Waals surface area contributed by atoms with Gasteiger partial charge >= 0.3 is 5.97 Å². The van der Waals surface area contributed by atoms with Crippen molar-refractivity contribution in [3.8, 4) is 0 Å². The number of fused-ring (bicyclic) bond motifs is 2. The molecule has 1 N–H and O–H groups in total. The normalized spacial score (nSPS) is 13.4. The number of hydrogen-bond donors (Lipinski definition) is 1. The number of thiophene rings is 1. The maximum absolute atomic E-state index is 12.5. The fourth-order valence-corrected chi connectivity index (χ4v) is 5.20. The third-order valence-corrected chi connectivity index (χ3v) is 6.58. The molecule has 3 aromatic heterocycles. The molecule has 4 rings (SSSR count). The number of carbonyl (C=O) groups is 2. The van der Waals surface area contributed by atoms with Gasteiger partial charge in [-0.2, -0.15) is 0 Å². The van der Waals surface area contributed by atoms with Gasteiger partial charge in [0, 0.05) is 11.1 Å². The van der Waals surface area contributed by atoms with Crippen LogP contribution in [0.15, 0.2) is 29.6 Å². The lowest BCUT2D eigenvalue weighted by atomic mass is 9.95. The Morgan fingerprint density at radius 2 is 2.15 bits per heavy atom. The molecule has 0 atom stereocenters. The van der Waals surface area contributed by atoms with Crippen molar-refractivity contribution in [1.29, 1.82) is 0 Å². The first kappa shape index (κ1) is 18.0. The molecule has 7 nitrogen and oxygen atoms in total. The molecule has 0 saturated heterocycles. The van der Waals surface area contributed by atoms with Crippen molar-refractivity contribution in [2.75, 3.05) is 18.2 Å². The summed E-state index contributed by atoms with van der Waals surface area (Å²) in [6.45, 7) is 0. The number of methoxy groups -OCH3 is 1. The number of carbonyl (C=O) groups excluding carboxylic acids is 2. The summed E-state index contributed by atoms with van der Waals surface area (Å²) in [7, 11) is 1.37. The lowest BCUT2D eigenvalue weighted by Gasteiger charge is -2.11. The largest absolute Gasteiger partial charge is 0.465 e. The van der Waals surface area contributed by atoms with Crippen LogP contribution in [-0.2, 0) is 22.4 Å². The third-order valence-electron chi connectivity index (χ3n) is 4.43. The van der Waals surface area contributed by atoms with Gasteiger partial charge < -0.3 is 10.1 Å². The molecule has 27 heavy (non-hydrogen) atoms. The summed E-state index contributed by atoms with van der Waals surface area (Å²) in [6, 6.07) is 5.63. The summed E-state index contributed by atoms with van der Waals surface area (Å²) < 4.78 is 6.77. The van der Waals surface area contributed by atoms with Gasteiger partial charge in [-0.05, 0) is 43.4 Å².